The van der Waals surface area contributed by atoms with E-state index in [0.717, 1.165) is 13.0 Å². The maximum Gasteiger partial charge on any atom is 0.254 e. The average Bonchev–Trinajstić information content (AvgIpc) is 2.86. The molecular formula is C14H21F2NO. The van der Waals surface area contributed by atoms with Crippen molar-refractivity contribution in [3.8, 4) is 0 Å². The van der Waals surface area contributed by atoms with Gasteiger partial charge in [-0.25, -0.2) is 8.78 Å². The van der Waals surface area contributed by atoms with Crippen LogP contribution in [0.15, 0.2) is 0 Å². The molecular weight excluding hydrogens is 236 g/mol. The molecule has 102 valence electrons. The van der Waals surface area contributed by atoms with Crippen LogP contribution in [0.25, 0.3) is 0 Å². The van der Waals surface area contributed by atoms with E-state index in [1.807, 2.05) is 0 Å². The number of hydrogen-bond acceptors (Lipinski definition) is 2. The zero-order valence-corrected chi connectivity index (χ0v) is 11.0. The van der Waals surface area contributed by atoms with Crippen LogP contribution in [0.1, 0.15) is 38.5 Å². The minimum atomic E-state index is -2.44. The normalized spacial score (nSPS) is 47.5. The third-order valence-electron chi connectivity index (χ3n) is 6.13. The molecule has 2 atom stereocenters. The van der Waals surface area contributed by atoms with Crippen LogP contribution in [-0.2, 0) is 4.74 Å². The molecule has 2 saturated heterocycles. The second kappa shape index (κ2) is 3.09. The van der Waals surface area contributed by atoms with E-state index in [4.69, 9.17) is 4.74 Å². The van der Waals surface area contributed by atoms with Gasteiger partial charge in [0.1, 0.15) is 0 Å². The highest BCUT2D eigenvalue weighted by atomic mass is 19.3. The van der Waals surface area contributed by atoms with E-state index in [2.05, 4.69) is 4.90 Å². The van der Waals surface area contributed by atoms with E-state index in [-0.39, 0.29) is 12.0 Å². The fraction of sp³-hybridized carbons (Fsp3) is 1.00. The molecule has 2 saturated carbocycles. The number of fused-ring (bicyclic) bond motifs is 1. The number of halogens is 2. The second-order valence-electron chi connectivity index (χ2n) is 7.35. The van der Waals surface area contributed by atoms with E-state index in [9.17, 15) is 8.78 Å². The Balaban J connectivity index is 1.64. The van der Waals surface area contributed by atoms with Gasteiger partial charge >= 0.3 is 0 Å². The molecule has 2 heterocycles. The number of rotatable bonds is 2. The van der Waals surface area contributed by atoms with Crippen LogP contribution in [0, 0.1) is 10.8 Å². The van der Waals surface area contributed by atoms with Gasteiger partial charge in [-0.15, -0.1) is 0 Å². The topological polar surface area (TPSA) is 12.5 Å². The molecule has 0 aromatic rings. The first-order chi connectivity index (χ1) is 8.45. The smallest absolute Gasteiger partial charge is 0.254 e. The van der Waals surface area contributed by atoms with E-state index in [1.165, 1.54) is 12.8 Å². The van der Waals surface area contributed by atoms with Gasteiger partial charge in [0.2, 0.25) is 0 Å². The average molecular weight is 257 g/mol. The van der Waals surface area contributed by atoms with Crippen LogP contribution in [0.2, 0.25) is 0 Å². The van der Waals surface area contributed by atoms with Gasteiger partial charge in [0.15, 0.2) is 0 Å². The molecule has 0 aromatic heterocycles. The third-order valence-corrected chi connectivity index (χ3v) is 6.13. The van der Waals surface area contributed by atoms with Crippen molar-refractivity contribution in [3.63, 3.8) is 0 Å². The fourth-order valence-electron chi connectivity index (χ4n) is 4.94. The SMILES string of the molecule is COCC12CC3(CC3)CN1CC1(CCC1(F)F)C2. The highest BCUT2D eigenvalue weighted by Crippen LogP contribution is 2.69. The summed E-state index contributed by atoms with van der Waals surface area (Å²) in [6, 6.07) is 0. The van der Waals surface area contributed by atoms with Gasteiger partial charge in [0.25, 0.3) is 5.92 Å². The second-order valence-corrected chi connectivity index (χ2v) is 7.35. The largest absolute Gasteiger partial charge is 0.383 e. The van der Waals surface area contributed by atoms with Crippen LogP contribution in [0.4, 0.5) is 8.78 Å². The summed E-state index contributed by atoms with van der Waals surface area (Å²) >= 11 is 0. The van der Waals surface area contributed by atoms with Gasteiger partial charge < -0.3 is 4.74 Å². The summed E-state index contributed by atoms with van der Waals surface area (Å²) in [5.74, 6) is -2.44. The predicted molar refractivity (Wildman–Crippen MR) is 63.7 cm³/mol. The Morgan fingerprint density at radius 2 is 1.83 bits per heavy atom. The quantitative estimate of drug-likeness (QED) is 0.754. The van der Waals surface area contributed by atoms with Crippen molar-refractivity contribution < 1.29 is 13.5 Å². The Bertz CT molecular complexity index is 395. The molecule has 0 aromatic carbocycles. The number of ether oxygens (including phenoxy) is 1. The Hall–Kier alpha value is -0.220. The van der Waals surface area contributed by atoms with Gasteiger partial charge in [-0.3, -0.25) is 4.90 Å². The molecule has 2 aliphatic carbocycles. The Morgan fingerprint density at radius 1 is 1.06 bits per heavy atom. The molecule has 18 heavy (non-hydrogen) atoms. The Morgan fingerprint density at radius 3 is 2.33 bits per heavy atom. The molecule has 2 unspecified atom stereocenters. The molecule has 4 heteroatoms. The summed E-state index contributed by atoms with van der Waals surface area (Å²) < 4.78 is 33.3. The predicted octanol–water partition coefficient (Wildman–Crippen LogP) is 2.68. The van der Waals surface area contributed by atoms with Crippen molar-refractivity contribution in [2.75, 3.05) is 26.8 Å². The lowest BCUT2D eigenvalue weighted by molar-refractivity contribution is -0.197. The van der Waals surface area contributed by atoms with E-state index in [1.54, 1.807) is 7.11 Å². The summed E-state index contributed by atoms with van der Waals surface area (Å²) in [4.78, 5) is 2.36. The Labute approximate surface area is 107 Å². The zero-order valence-electron chi connectivity index (χ0n) is 11.0. The molecule has 0 radical (unpaired) electrons. The molecule has 2 aliphatic heterocycles. The Kier molecular flexibility index (Phi) is 1.99. The van der Waals surface area contributed by atoms with Crippen LogP contribution >= 0.6 is 0 Å². The third kappa shape index (κ3) is 1.24. The molecule has 2 nitrogen and oxygen atoms in total. The van der Waals surface area contributed by atoms with E-state index >= 15 is 0 Å². The molecule has 2 spiro atoms. The van der Waals surface area contributed by atoms with Crippen molar-refractivity contribution in [3.05, 3.63) is 0 Å². The lowest BCUT2D eigenvalue weighted by atomic mass is 9.61. The van der Waals surface area contributed by atoms with Crippen molar-refractivity contribution in [1.29, 1.82) is 0 Å². The zero-order chi connectivity index (χ0) is 12.6. The van der Waals surface area contributed by atoms with Crippen molar-refractivity contribution in [2.45, 2.75) is 50.0 Å². The fourth-order valence-corrected chi connectivity index (χ4v) is 4.94. The molecule has 4 rings (SSSR count). The molecule has 0 amide bonds. The summed E-state index contributed by atoms with van der Waals surface area (Å²) in [6.45, 7) is 2.27. The van der Waals surface area contributed by atoms with E-state index in [0.29, 0.717) is 31.4 Å². The van der Waals surface area contributed by atoms with Crippen LogP contribution in [0.5, 0.6) is 0 Å². The molecule has 0 N–H and O–H groups in total. The monoisotopic (exact) mass is 257 g/mol. The lowest BCUT2D eigenvalue weighted by Crippen LogP contribution is -2.53. The van der Waals surface area contributed by atoms with Crippen LogP contribution < -0.4 is 0 Å². The molecule has 4 fully saturated rings. The summed E-state index contributed by atoms with van der Waals surface area (Å²) in [5, 5.41) is 0. The summed E-state index contributed by atoms with van der Waals surface area (Å²) in [7, 11) is 1.70. The number of alkyl halides is 2. The first-order valence-electron chi connectivity index (χ1n) is 7.07. The van der Waals surface area contributed by atoms with Gasteiger partial charge in [-0.1, -0.05) is 0 Å². The van der Waals surface area contributed by atoms with Crippen molar-refractivity contribution in [1.82, 2.24) is 4.90 Å². The highest BCUT2D eigenvalue weighted by molar-refractivity contribution is 5.22. The first kappa shape index (κ1) is 11.6. The summed E-state index contributed by atoms with van der Waals surface area (Å²) in [5.41, 5.74) is -0.323. The van der Waals surface area contributed by atoms with Gasteiger partial charge in [-0.05, 0) is 37.5 Å². The lowest BCUT2D eigenvalue weighted by Gasteiger charge is -2.47. The van der Waals surface area contributed by atoms with Crippen molar-refractivity contribution >= 4 is 0 Å². The number of methoxy groups -OCH3 is 1. The van der Waals surface area contributed by atoms with Crippen LogP contribution in [0.3, 0.4) is 0 Å². The number of nitrogens with zero attached hydrogens (tertiary/aromatic N) is 1. The first-order valence-corrected chi connectivity index (χ1v) is 7.07. The molecule has 4 aliphatic rings. The maximum absolute atomic E-state index is 14.0. The molecule has 0 bridgehead atoms. The van der Waals surface area contributed by atoms with Crippen molar-refractivity contribution in [2.24, 2.45) is 10.8 Å². The maximum atomic E-state index is 14.0. The van der Waals surface area contributed by atoms with Gasteiger partial charge in [0.05, 0.1) is 6.61 Å². The highest BCUT2D eigenvalue weighted by Gasteiger charge is 2.73. The number of hydrogen-bond donors (Lipinski definition) is 0. The van der Waals surface area contributed by atoms with Gasteiger partial charge in [0, 0.05) is 37.6 Å². The minimum Gasteiger partial charge on any atom is -0.383 e. The minimum absolute atomic E-state index is 0.0743. The van der Waals surface area contributed by atoms with E-state index < -0.39 is 11.3 Å². The summed E-state index contributed by atoms with van der Waals surface area (Å²) in [6.07, 6.45) is 5.12. The van der Waals surface area contributed by atoms with Gasteiger partial charge in [-0.2, -0.15) is 0 Å². The van der Waals surface area contributed by atoms with Crippen LogP contribution in [-0.4, -0.2) is 43.2 Å². The standard InChI is InChI=1S/C14H21F2NO/c1-18-10-13-6-11(2-3-11)8-17(13)9-12(7-13)4-5-14(12,15)16/h2-10H2,1H3.